The van der Waals surface area contributed by atoms with Gasteiger partial charge in [0.05, 0.1) is 13.2 Å². The molecule has 0 aliphatic rings. The van der Waals surface area contributed by atoms with E-state index in [4.69, 9.17) is 4.74 Å². The highest BCUT2D eigenvalue weighted by Crippen LogP contribution is 2.23. The van der Waals surface area contributed by atoms with E-state index in [0.29, 0.717) is 24.6 Å². The topological polar surface area (TPSA) is 44.1 Å². The van der Waals surface area contributed by atoms with Crippen LogP contribution in [0.1, 0.15) is 55.4 Å². The van der Waals surface area contributed by atoms with E-state index in [2.05, 4.69) is 23.4 Å². The molecule has 112 valence electrons. The van der Waals surface area contributed by atoms with Gasteiger partial charge in [-0.25, -0.2) is 4.98 Å². The lowest BCUT2D eigenvalue weighted by molar-refractivity contribution is 0.101. The zero-order valence-corrected chi connectivity index (χ0v) is 13.1. The Kier molecular flexibility index (Phi) is 4.78. The molecule has 2 rings (SSSR count). The van der Waals surface area contributed by atoms with Crippen LogP contribution in [-0.4, -0.2) is 21.9 Å². The van der Waals surface area contributed by atoms with Crippen LogP contribution >= 0.6 is 0 Å². The third-order valence-corrected chi connectivity index (χ3v) is 3.37. The van der Waals surface area contributed by atoms with Gasteiger partial charge in [0, 0.05) is 29.4 Å². The fraction of sp³-hybridized carbons (Fsp3) is 0.412. The van der Waals surface area contributed by atoms with Crippen molar-refractivity contribution >= 4 is 5.78 Å². The highest BCUT2D eigenvalue weighted by atomic mass is 16.5. The van der Waals surface area contributed by atoms with Gasteiger partial charge in [0.25, 0.3) is 0 Å². The summed E-state index contributed by atoms with van der Waals surface area (Å²) in [6.45, 7) is 9.04. The van der Waals surface area contributed by atoms with Crippen LogP contribution in [0.4, 0.5) is 0 Å². The van der Waals surface area contributed by atoms with Crippen LogP contribution in [0.2, 0.25) is 0 Å². The van der Waals surface area contributed by atoms with Crippen molar-refractivity contribution in [3.8, 4) is 5.75 Å². The summed E-state index contributed by atoms with van der Waals surface area (Å²) in [6, 6.07) is 5.60. The molecule has 1 heterocycles. The monoisotopic (exact) mass is 286 g/mol. The van der Waals surface area contributed by atoms with E-state index in [9.17, 15) is 4.79 Å². The number of nitrogens with zero attached hydrogens (tertiary/aromatic N) is 2. The molecule has 0 bridgehead atoms. The minimum Gasteiger partial charge on any atom is -0.494 e. The first-order chi connectivity index (χ1) is 10.0. The molecule has 0 saturated heterocycles. The van der Waals surface area contributed by atoms with Crippen LogP contribution in [0.25, 0.3) is 0 Å². The number of rotatable bonds is 6. The Morgan fingerprint density at radius 2 is 2.14 bits per heavy atom. The lowest BCUT2D eigenvalue weighted by atomic mass is 10.1. The van der Waals surface area contributed by atoms with Crippen LogP contribution < -0.4 is 4.74 Å². The number of hydrogen-bond acceptors (Lipinski definition) is 3. The number of carbonyl (C=O) groups excluding carboxylic acids is 1. The van der Waals surface area contributed by atoms with Crippen molar-refractivity contribution in [2.75, 3.05) is 6.61 Å². The number of ketones is 1. The maximum absolute atomic E-state index is 11.6. The molecule has 1 aromatic carbocycles. The number of aromatic nitrogens is 2. The average Bonchev–Trinajstić information content (AvgIpc) is 2.89. The van der Waals surface area contributed by atoms with Crippen molar-refractivity contribution in [3.63, 3.8) is 0 Å². The standard InChI is InChI=1S/C17H22N2O2/c1-5-21-16-7-6-14(13(4)20)10-15(16)11-19-9-8-18-17(19)12(2)3/h6-10,12H,5,11H2,1-4H3. The molecule has 0 fully saturated rings. The highest BCUT2D eigenvalue weighted by molar-refractivity contribution is 5.94. The summed E-state index contributed by atoms with van der Waals surface area (Å²) in [5.74, 6) is 2.28. The van der Waals surface area contributed by atoms with Crippen molar-refractivity contribution in [2.45, 2.75) is 40.2 Å². The Hall–Kier alpha value is -2.10. The highest BCUT2D eigenvalue weighted by Gasteiger charge is 2.12. The van der Waals surface area contributed by atoms with Crippen molar-refractivity contribution in [2.24, 2.45) is 0 Å². The minimum absolute atomic E-state index is 0.0639. The molecule has 0 aliphatic heterocycles. The van der Waals surface area contributed by atoms with E-state index in [1.807, 2.05) is 37.5 Å². The molecule has 21 heavy (non-hydrogen) atoms. The van der Waals surface area contributed by atoms with Gasteiger partial charge in [-0.1, -0.05) is 13.8 Å². The second kappa shape index (κ2) is 6.57. The number of imidazole rings is 1. The molecule has 0 saturated carbocycles. The van der Waals surface area contributed by atoms with Gasteiger partial charge in [-0.05, 0) is 32.0 Å². The van der Waals surface area contributed by atoms with Gasteiger partial charge in [-0.15, -0.1) is 0 Å². The molecule has 2 aromatic rings. The third-order valence-electron chi connectivity index (χ3n) is 3.37. The fourth-order valence-electron chi connectivity index (χ4n) is 2.36. The minimum atomic E-state index is 0.0639. The molecule has 4 nitrogen and oxygen atoms in total. The van der Waals surface area contributed by atoms with Gasteiger partial charge >= 0.3 is 0 Å². The molecule has 1 aromatic heterocycles. The SMILES string of the molecule is CCOc1ccc(C(C)=O)cc1Cn1ccnc1C(C)C. The fourth-order valence-corrected chi connectivity index (χ4v) is 2.36. The summed E-state index contributed by atoms with van der Waals surface area (Å²) < 4.78 is 7.78. The summed E-state index contributed by atoms with van der Waals surface area (Å²) in [7, 11) is 0. The van der Waals surface area contributed by atoms with Gasteiger partial charge in [-0.2, -0.15) is 0 Å². The zero-order chi connectivity index (χ0) is 15.4. The van der Waals surface area contributed by atoms with Crippen LogP contribution in [0.15, 0.2) is 30.6 Å². The van der Waals surface area contributed by atoms with Crippen LogP contribution in [0.3, 0.4) is 0 Å². The smallest absolute Gasteiger partial charge is 0.159 e. The summed E-state index contributed by atoms with van der Waals surface area (Å²) in [5, 5.41) is 0. The second-order valence-electron chi connectivity index (χ2n) is 5.38. The predicted octanol–water partition coefficient (Wildman–Crippen LogP) is 3.66. The van der Waals surface area contributed by atoms with Gasteiger partial charge in [0.15, 0.2) is 5.78 Å². The van der Waals surface area contributed by atoms with E-state index in [-0.39, 0.29) is 5.78 Å². The number of hydrogen-bond donors (Lipinski definition) is 0. The van der Waals surface area contributed by atoms with Gasteiger partial charge in [0.2, 0.25) is 0 Å². The Balaban J connectivity index is 2.38. The first-order valence-corrected chi connectivity index (χ1v) is 7.30. The first kappa shape index (κ1) is 15.3. The largest absolute Gasteiger partial charge is 0.494 e. The summed E-state index contributed by atoms with van der Waals surface area (Å²) >= 11 is 0. The summed E-state index contributed by atoms with van der Waals surface area (Å²) in [4.78, 5) is 16.0. The first-order valence-electron chi connectivity index (χ1n) is 7.30. The van der Waals surface area contributed by atoms with E-state index in [1.165, 1.54) is 0 Å². The van der Waals surface area contributed by atoms with E-state index >= 15 is 0 Å². The van der Waals surface area contributed by atoms with Crippen molar-refractivity contribution in [1.29, 1.82) is 0 Å². The van der Waals surface area contributed by atoms with E-state index in [1.54, 1.807) is 6.92 Å². The quantitative estimate of drug-likeness (QED) is 0.761. The van der Waals surface area contributed by atoms with Crippen molar-refractivity contribution in [1.82, 2.24) is 9.55 Å². The third kappa shape index (κ3) is 3.51. The van der Waals surface area contributed by atoms with Crippen molar-refractivity contribution < 1.29 is 9.53 Å². The zero-order valence-electron chi connectivity index (χ0n) is 13.1. The molecule has 0 amide bonds. The molecule has 0 aliphatic carbocycles. The maximum Gasteiger partial charge on any atom is 0.159 e. The van der Waals surface area contributed by atoms with Crippen LogP contribution in [0, 0.1) is 0 Å². The summed E-state index contributed by atoms with van der Waals surface area (Å²) in [6.07, 6.45) is 3.77. The lowest BCUT2D eigenvalue weighted by Crippen LogP contribution is -2.08. The predicted molar refractivity (Wildman–Crippen MR) is 83.0 cm³/mol. The van der Waals surface area contributed by atoms with Crippen molar-refractivity contribution in [3.05, 3.63) is 47.5 Å². The number of ether oxygens (including phenoxy) is 1. The molecule has 0 unspecified atom stereocenters. The number of Topliss-reactive ketones (excluding diaryl/α,β-unsaturated/α-hetero) is 1. The van der Waals surface area contributed by atoms with E-state index in [0.717, 1.165) is 17.1 Å². The normalized spacial score (nSPS) is 10.9. The Morgan fingerprint density at radius 3 is 2.76 bits per heavy atom. The van der Waals surface area contributed by atoms with Gasteiger partial charge in [0.1, 0.15) is 11.6 Å². The maximum atomic E-state index is 11.6. The van der Waals surface area contributed by atoms with Crippen LogP contribution in [0.5, 0.6) is 5.75 Å². The molecule has 0 N–H and O–H groups in total. The van der Waals surface area contributed by atoms with Gasteiger partial charge < -0.3 is 9.30 Å². The molecule has 0 atom stereocenters. The Labute approximate surface area is 125 Å². The summed E-state index contributed by atoms with van der Waals surface area (Å²) in [5.41, 5.74) is 1.71. The molecular weight excluding hydrogens is 264 g/mol. The molecule has 0 spiro atoms. The van der Waals surface area contributed by atoms with Crippen LogP contribution in [-0.2, 0) is 6.54 Å². The second-order valence-corrected chi connectivity index (χ2v) is 5.38. The van der Waals surface area contributed by atoms with E-state index < -0.39 is 0 Å². The number of benzene rings is 1. The molecule has 0 radical (unpaired) electrons. The number of carbonyl (C=O) groups is 1. The molecule has 4 heteroatoms. The van der Waals surface area contributed by atoms with Gasteiger partial charge in [-0.3, -0.25) is 4.79 Å². The average molecular weight is 286 g/mol. The Morgan fingerprint density at radius 1 is 1.38 bits per heavy atom. The lowest BCUT2D eigenvalue weighted by Gasteiger charge is -2.15. The Bertz CT molecular complexity index is 629. The molecular formula is C17H22N2O2.